The van der Waals surface area contributed by atoms with Gasteiger partial charge in [-0.2, -0.15) is 0 Å². The zero-order valence-electron chi connectivity index (χ0n) is 11.3. The van der Waals surface area contributed by atoms with Crippen LogP contribution in [0.2, 0.25) is 0 Å². The predicted octanol–water partition coefficient (Wildman–Crippen LogP) is 2.45. The normalized spacial score (nSPS) is 12.9. The Labute approximate surface area is 107 Å². The Morgan fingerprint density at radius 1 is 1.17 bits per heavy atom. The molecule has 0 saturated carbocycles. The van der Waals surface area contributed by atoms with Gasteiger partial charge in [-0.3, -0.25) is 0 Å². The predicted molar refractivity (Wildman–Crippen MR) is 72.0 cm³/mol. The topological polar surface area (TPSA) is 69.6 Å². The monoisotopic (exact) mass is 245 g/mol. The summed E-state index contributed by atoms with van der Waals surface area (Å²) in [6.07, 6.45) is 0. The molecule has 0 amide bonds. The summed E-state index contributed by atoms with van der Waals surface area (Å²) in [5.41, 5.74) is 8.68. The fourth-order valence-electron chi connectivity index (χ4n) is 1.88. The van der Waals surface area contributed by atoms with E-state index in [0.717, 1.165) is 22.6 Å². The molecule has 0 aliphatic carbocycles. The molecule has 2 aromatic rings. The number of tetrazole rings is 1. The van der Waals surface area contributed by atoms with Gasteiger partial charge in [-0.1, -0.05) is 13.8 Å². The van der Waals surface area contributed by atoms with Crippen LogP contribution >= 0.6 is 0 Å². The summed E-state index contributed by atoms with van der Waals surface area (Å²) in [5.74, 6) is 1.24. The Bertz CT molecular complexity index is 524. The zero-order chi connectivity index (χ0) is 13.3. The minimum atomic E-state index is 0.247. The minimum absolute atomic E-state index is 0.247. The van der Waals surface area contributed by atoms with Crippen LogP contribution in [0, 0.1) is 12.8 Å². The molecule has 0 aliphatic heterocycles. The molecule has 0 saturated heterocycles. The third-order valence-corrected chi connectivity index (χ3v) is 3.20. The number of rotatable bonds is 3. The van der Waals surface area contributed by atoms with Gasteiger partial charge in [0.15, 0.2) is 5.82 Å². The second-order valence-corrected chi connectivity index (χ2v) is 5.06. The largest absolute Gasteiger partial charge is 0.399 e. The minimum Gasteiger partial charge on any atom is -0.399 e. The third-order valence-electron chi connectivity index (χ3n) is 3.20. The van der Waals surface area contributed by atoms with Crippen LogP contribution in [0.4, 0.5) is 5.69 Å². The van der Waals surface area contributed by atoms with Crippen molar-refractivity contribution in [2.24, 2.45) is 5.92 Å². The van der Waals surface area contributed by atoms with Crippen molar-refractivity contribution in [3.8, 4) is 11.4 Å². The van der Waals surface area contributed by atoms with E-state index in [1.807, 2.05) is 29.8 Å². The first-order chi connectivity index (χ1) is 8.49. The second-order valence-electron chi connectivity index (χ2n) is 5.06. The van der Waals surface area contributed by atoms with E-state index >= 15 is 0 Å². The third kappa shape index (κ3) is 2.34. The van der Waals surface area contributed by atoms with Crippen molar-refractivity contribution in [3.05, 3.63) is 23.8 Å². The summed E-state index contributed by atoms with van der Waals surface area (Å²) < 4.78 is 1.86. The van der Waals surface area contributed by atoms with E-state index in [1.165, 1.54) is 0 Å². The average molecular weight is 245 g/mol. The Morgan fingerprint density at radius 2 is 1.89 bits per heavy atom. The van der Waals surface area contributed by atoms with Crippen molar-refractivity contribution < 1.29 is 0 Å². The fraction of sp³-hybridized carbons (Fsp3) is 0.462. The van der Waals surface area contributed by atoms with E-state index in [9.17, 15) is 0 Å². The fourth-order valence-corrected chi connectivity index (χ4v) is 1.88. The van der Waals surface area contributed by atoms with Crippen LogP contribution in [0.15, 0.2) is 18.2 Å². The van der Waals surface area contributed by atoms with Crippen molar-refractivity contribution in [2.75, 3.05) is 5.73 Å². The summed E-state index contributed by atoms with van der Waals surface area (Å²) in [7, 11) is 0. The van der Waals surface area contributed by atoms with Gasteiger partial charge in [0, 0.05) is 11.3 Å². The lowest BCUT2D eigenvalue weighted by Crippen LogP contribution is -2.14. The molecule has 1 aromatic carbocycles. The Balaban J connectivity index is 2.48. The molecule has 18 heavy (non-hydrogen) atoms. The second kappa shape index (κ2) is 4.76. The van der Waals surface area contributed by atoms with Crippen LogP contribution in [0.1, 0.15) is 32.4 Å². The summed E-state index contributed by atoms with van der Waals surface area (Å²) in [6, 6.07) is 6.13. The zero-order valence-corrected chi connectivity index (χ0v) is 11.3. The van der Waals surface area contributed by atoms with E-state index in [1.54, 1.807) is 0 Å². The number of nitrogens with zero attached hydrogens (tertiary/aromatic N) is 4. The molecular weight excluding hydrogens is 226 g/mol. The van der Waals surface area contributed by atoms with Crippen LogP contribution in [0.25, 0.3) is 11.4 Å². The number of nitrogen functional groups attached to an aromatic ring is 1. The first-order valence-corrected chi connectivity index (χ1v) is 6.14. The lowest BCUT2D eigenvalue weighted by Gasteiger charge is -2.17. The number of hydrogen-bond donors (Lipinski definition) is 1. The number of anilines is 1. The molecule has 1 atom stereocenters. The van der Waals surface area contributed by atoms with Crippen molar-refractivity contribution in [1.29, 1.82) is 0 Å². The van der Waals surface area contributed by atoms with E-state index in [2.05, 4.69) is 36.3 Å². The number of aromatic nitrogens is 4. The molecule has 1 aromatic heterocycles. The van der Waals surface area contributed by atoms with Gasteiger partial charge >= 0.3 is 0 Å². The molecule has 1 heterocycles. The van der Waals surface area contributed by atoms with E-state index < -0.39 is 0 Å². The van der Waals surface area contributed by atoms with Crippen LogP contribution in [0.3, 0.4) is 0 Å². The summed E-state index contributed by atoms with van der Waals surface area (Å²) >= 11 is 0. The summed E-state index contributed by atoms with van der Waals surface area (Å²) in [4.78, 5) is 0. The number of aryl methyl sites for hydroxylation is 1. The molecule has 5 heteroatoms. The van der Waals surface area contributed by atoms with Gasteiger partial charge in [0.25, 0.3) is 0 Å². The SMILES string of the molecule is Cc1cc(N)cc(-c2nnnn2C(C)C(C)C)c1. The standard InChI is InChI=1S/C13H19N5/c1-8(2)10(4)18-13(15-16-17-18)11-5-9(3)6-12(14)7-11/h5-8,10H,14H2,1-4H3. The van der Waals surface area contributed by atoms with Gasteiger partial charge < -0.3 is 5.73 Å². The summed E-state index contributed by atoms with van der Waals surface area (Å²) in [6.45, 7) is 8.44. The van der Waals surface area contributed by atoms with Gasteiger partial charge in [-0.05, 0) is 54.0 Å². The Kier molecular flexibility index (Phi) is 3.32. The van der Waals surface area contributed by atoms with Crippen LogP contribution in [0.5, 0.6) is 0 Å². The van der Waals surface area contributed by atoms with Gasteiger partial charge in [0.05, 0.1) is 6.04 Å². The molecule has 0 bridgehead atoms. The van der Waals surface area contributed by atoms with Gasteiger partial charge in [0.2, 0.25) is 0 Å². The highest BCUT2D eigenvalue weighted by atomic mass is 15.5. The maximum atomic E-state index is 5.87. The molecule has 2 rings (SSSR count). The smallest absolute Gasteiger partial charge is 0.182 e. The molecule has 0 fully saturated rings. The maximum Gasteiger partial charge on any atom is 0.182 e. The quantitative estimate of drug-likeness (QED) is 0.843. The maximum absolute atomic E-state index is 5.87. The van der Waals surface area contributed by atoms with Crippen molar-refractivity contribution in [1.82, 2.24) is 20.2 Å². The van der Waals surface area contributed by atoms with Gasteiger partial charge in [-0.15, -0.1) is 5.10 Å². The average Bonchev–Trinajstić information content (AvgIpc) is 2.75. The highest BCUT2D eigenvalue weighted by Gasteiger charge is 2.17. The number of nitrogens with two attached hydrogens (primary N) is 1. The van der Waals surface area contributed by atoms with E-state index in [0.29, 0.717) is 5.92 Å². The lowest BCUT2D eigenvalue weighted by atomic mass is 10.1. The van der Waals surface area contributed by atoms with E-state index in [4.69, 9.17) is 5.73 Å². The van der Waals surface area contributed by atoms with Crippen LogP contribution in [-0.2, 0) is 0 Å². The molecule has 0 radical (unpaired) electrons. The molecule has 2 N–H and O–H groups in total. The van der Waals surface area contributed by atoms with E-state index in [-0.39, 0.29) is 6.04 Å². The lowest BCUT2D eigenvalue weighted by molar-refractivity contribution is 0.371. The highest BCUT2D eigenvalue weighted by Crippen LogP contribution is 2.25. The first-order valence-electron chi connectivity index (χ1n) is 6.14. The molecule has 1 unspecified atom stereocenters. The number of hydrogen-bond acceptors (Lipinski definition) is 4. The number of benzene rings is 1. The van der Waals surface area contributed by atoms with Crippen LogP contribution < -0.4 is 5.73 Å². The highest BCUT2D eigenvalue weighted by molar-refractivity contribution is 5.62. The molecule has 5 nitrogen and oxygen atoms in total. The van der Waals surface area contributed by atoms with Crippen molar-refractivity contribution >= 4 is 5.69 Å². The molecular formula is C13H19N5. The first kappa shape index (κ1) is 12.5. The molecule has 0 aliphatic rings. The Morgan fingerprint density at radius 3 is 2.50 bits per heavy atom. The Hall–Kier alpha value is -1.91. The molecule has 96 valence electrons. The van der Waals surface area contributed by atoms with Gasteiger partial charge in [0.1, 0.15) is 0 Å². The van der Waals surface area contributed by atoms with Crippen molar-refractivity contribution in [2.45, 2.75) is 33.7 Å². The summed E-state index contributed by atoms with van der Waals surface area (Å²) in [5, 5.41) is 12.0. The molecule has 0 spiro atoms. The van der Waals surface area contributed by atoms with Gasteiger partial charge in [-0.25, -0.2) is 4.68 Å². The van der Waals surface area contributed by atoms with Crippen LogP contribution in [-0.4, -0.2) is 20.2 Å². The van der Waals surface area contributed by atoms with Crippen molar-refractivity contribution in [3.63, 3.8) is 0 Å².